The summed E-state index contributed by atoms with van der Waals surface area (Å²) in [5.41, 5.74) is 4.07. The number of hydrogen-bond acceptors (Lipinski definition) is 4. The Morgan fingerprint density at radius 2 is 2.24 bits per heavy atom. The maximum atomic E-state index is 12.1. The number of rotatable bonds is 3. The first-order valence-electron chi connectivity index (χ1n) is 5.66. The molecule has 0 aromatic rings. The fourth-order valence-corrected chi connectivity index (χ4v) is 1.66. The number of hydrogen-bond donors (Lipinski definition) is 3. The molecule has 1 rings (SSSR count). The van der Waals surface area contributed by atoms with E-state index in [0.29, 0.717) is 6.61 Å². The van der Waals surface area contributed by atoms with E-state index in [1.54, 1.807) is 13.8 Å². The van der Waals surface area contributed by atoms with Gasteiger partial charge in [-0.3, -0.25) is 4.79 Å². The molecule has 1 heterocycles. The third-order valence-corrected chi connectivity index (χ3v) is 3.60. The molecule has 0 spiro atoms. The van der Waals surface area contributed by atoms with Gasteiger partial charge in [0.25, 0.3) is 0 Å². The van der Waals surface area contributed by atoms with Crippen molar-refractivity contribution in [3.05, 3.63) is 0 Å². The van der Waals surface area contributed by atoms with Crippen molar-refractivity contribution in [2.24, 2.45) is 16.3 Å². The summed E-state index contributed by atoms with van der Waals surface area (Å²) in [6, 6.07) is 0. The molecule has 6 heteroatoms. The lowest BCUT2D eigenvalue weighted by atomic mass is 9.87. The Labute approximate surface area is 101 Å². The van der Waals surface area contributed by atoms with Gasteiger partial charge in [-0.15, -0.1) is 0 Å². The molecular weight excluding hydrogens is 222 g/mol. The maximum absolute atomic E-state index is 12.1. The van der Waals surface area contributed by atoms with Crippen LogP contribution in [0.3, 0.4) is 0 Å². The summed E-state index contributed by atoms with van der Waals surface area (Å²) < 4.78 is 5.44. The van der Waals surface area contributed by atoms with E-state index < -0.39 is 11.0 Å². The molecule has 1 amide bonds. The molecule has 0 aromatic carbocycles. The van der Waals surface area contributed by atoms with Gasteiger partial charge < -0.3 is 21.0 Å². The first-order valence-corrected chi connectivity index (χ1v) is 5.66. The normalized spacial score (nSPS) is 30.4. The zero-order chi connectivity index (χ0) is 13.3. The lowest BCUT2D eigenvalue weighted by Crippen LogP contribution is -2.56. The van der Waals surface area contributed by atoms with Crippen LogP contribution < -0.4 is 11.1 Å². The summed E-state index contributed by atoms with van der Waals surface area (Å²) in [5, 5.41) is 14.5. The third-order valence-electron chi connectivity index (χ3n) is 3.60. The van der Waals surface area contributed by atoms with E-state index in [4.69, 9.17) is 15.7 Å². The van der Waals surface area contributed by atoms with Crippen LogP contribution in [0.1, 0.15) is 34.1 Å². The van der Waals surface area contributed by atoms with Gasteiger partial charge >= 0.3 is 0 Å². The summed E-state index contributed by atoms with van der Waals surface area (Å²) >= 11 is 0. The van der Waals surface area contributed by atoms with E-state index in [1.807, 2.05) is 13.8 Å². The molecule has 0 radical (unpaired) electrons. The zero-order valence-corrected chi connectivity index (χ0v) is 10.8. The van der Waals surface area contributed by atoms with E-state index in [0.717, 1.165) is 6.42 Å². The third kappa shape index (κ3) is 2.52. The van der Waals surface area contributed by atoms with Crippen molar-refractivity contribution < 1.29 is 14.7 Å². The molecule has 6 nitrogen and oxygen atoms in total. The number of carbonyl (C=O) groups excluding carboxylic acids is 1. The van der Waals surface area contributed by atoms with Crippen LogP contribution in [0.15, 0.2) is 5.16 Å². The first-order chi connectivity index (χ1) is 7.74. The topological polar surface area (TPSA) is 96.9 Å². The first kappa shape index (κ1) is 13.8. The van der Waals surface area contributed by atoms with Crippen molar-refractivity contribution in [1.82, 2.24) is 5.32 Å². The predicted molar refractivity (Wildman–Crippen MR) is 63.8 cm³/mol. The van der Waals surface area contributed by atoms with Crippen LogP contribution in [0.25, 0.3) is 0 Å². The molecule has 4 N–H and O–H groups in total. The van der Waals surface area contributed by atoms with Crippen molar-refractivity contribution in [1.29, 1.82) is 0 Å². The lowest BCUT2D eigenvalue weighted by Gasteiger charge is -2.33. The maximum Gasteiger partial charge on any atom is 0.233 e. The highest BCUT2D eigenvalue weighted by Crippen LogP contribution is 2.27. The molecule has 0 bridgehead atoms. The Balaban J connectivity index is 2.79. The predicted octanol–water partition coefficient (Wildman–Crippen LogP) is 0.443. The number of nitrogens with zero attached hydrogens (tertiary/aromatic N) is 1. The van der Waals surface area contributed by atoms with E-state index in [2.05, 4.69) is 10.5 Å². The Morgan fingerprint density at radius 3 is 2.65 bits per heavy atom. The van der Waals surface area contributed by atoms with Crippen LogP contribution >= 0.6 is 0 Å². The van der Waals surface area contributed by atoms with Crippen molar-refractivity contribution in [2.75, 3.05) is 6.61 Å². The standard InChI is InChI=1S/C11H21N3O3/c1-7-11(4,5-6-17-7)13-9(15)10(2,3)8(12)14-16/h7,16H,5-6H2,1-4H3,(H2,12,14)(H,13,15). The van der Waals surface area contributed by atoms with Crippen molar-refractivity contribution in [2.45, 2.75) is 45.8 Å². The summed E-state index contributed by atoms with van der Waals surface area (Å²) in [5.74, 6) is -0.377. The van der Waals surface area contributed by atoms with E-state index in [-0.39, 0.29) is 17.8 Å². The van der Waals surface area contributed by atoms with Crippen LogP contribution in [0.4, 0.5) is 0 Å². The number of nitrogens with two attached hydrogens (primary N) is 1. The molecule has 0 aromatic heterocycles. The van der Waals surface area contributed by atoms with Crippen molar-refractivity contribution in [3.63, 3.8) is 0 Å². The van der Waals surface area contributed by atoms with Gasteiger partial charge in [0, 0.05) is 6.61 Å². The molecule has 1 aliphatic heterocycles. The largest absolute Gasteiger partial charge is 0.409 e. The van der Waals surface area contributed by atoms with Crippen LogP contribution in [-0.2, 0) is 9.53 Å². The number of carbonyl (C=O) groups is 1. The van der Waals surface area contributed by atoms with Gasteiger partial charge in [0.1, 0.15) is 5.41 Å². The minimum absolute atomic E-state index is 0.0467. The molecule has 98 valence electrons. The highest BCUT2D eigenvalue weighted by atomic mass is 16.5. The molecule has 1 aliphatic rings. The molecule has 1 saturated heterocycles. The molecule has 1 fully saturated rings. The lowest BCUT2D eigenvalue weighted by molar-refractivity contribution is -0.128. The summed E-state index contributed by atoms with van der Waals surface area (Å²) in [7, 11) is 0. The van der Waals surface area contributed by atoms with E-state index in [9.17, 15) is 4.79 Å². The fraction of sp³-hybridized carbons (Fsp3) is 0.818. The molecule has 2 atom stereocenters. The highest BCUT2D eigenvalue weighted by molar-refractivity contribution is 6.06. The smallest absolute Gasteiger partial charge is 0.233 e. The van der Waals surface area contributed by atoms with Gasteiger partial charge in [-0.05, 0) is 34.1 Å². The van der Waals surface area contributed by atoms with Gasteiger partial charge in [0.15, 0.2) is 5.84 Å². The second kappa shape index (κ2) is 4.52. The van der Waals surface area contributed by atoms with Crippen molar-refractivity contribution >= 4 is 11.7 Å². The number of ether oxygens (including phenoxy) is 1. The van der Waals surface area contributed by atoms with Crippen LogP contribution in [0, 0.1) is 5.41 Å². The second-order valence-electron chi connectivity index (χ2n) is 5.24. The fourth-order valence-electron chi connectivity index (χ4n) is 1.66. The minimum atomic E-state index is -1.04. The Bertz CT molecular complexity index is 341. The van der Waals surface area contributed by atoms with Crippen LogP contribution in [-0.4, -0.2) is 35.2 Å². The van der Waals surface area contributed by atoms with Gasteiger partial charge in [0.2, 0.25) is 5.91 Å². The second-order valence-corrected chi connectivity index (χ2v) is 5.24. The average molecular weight is 243 g/mol. The van der Waals surface area contributed by atoms with Gasteiger partial charge in [0.05, 0.1) is 11.6 Å². The van der Waals surface area contributed by atoms with E-state index in [1.165, 1.54) is 0 Å². The zero-order valence-electron chi connectivity index (χ0n) is 10.8. The molecule has 0 saturated carbocycles. The Morgan fingerprint density at radius 1 is 1.65 bits per heavy atom. The van der Waals surface area contributed by atoms with Gasteiger partial charge in [-0.2, -0.15) is 0 Å². The number of oxime groups is 1. The highest BCUT2D eigenvalue weighted by Gasteiger charge is 2.42. The quantitative estimate of drug-likeness (QED) is 0.290. The molecule has 17 heavy (non-hydrogen) atoms. The van der Waals surface area contributed by atoms with Gasteiger partial charge in [-0.25, -0.2) is 0 Å². The number of nitrogens with one attached hydrogen (secondary N) is 1. The van der Waals surface area contributed by atoms with Crippen LogP contribution in [0.5, 0.6) is 0 Å². The number of amides is 1. The van der Waals surface area contributed by atoms with Gasteiger partial charge in [-0.1, -0.05) is 5.16 Å². The van der Waals surface area contributed by atoms with Crippen LogP contribution in [0.2, 0.25) is 0 Å². The van der Waals surface area contributed by atoms with E-state index >= 15 is 0 Å². The Hall–Kier alpha value is -1.30. The average Bonchev–Trinajstić information content (AvgIpc) is 2.57. The molecule has 0 aliphatic carbocycles. The van der Waals surface area contributed by atoms with Crippen molar-refractivity contribution in [3.8, 4) is 0 Å². The summed E-state index contributed by atoms with van der Waals surface area (Å²) in [4.78, 5) is 12.1. The SMILES string of the molecule is CC1OCCC1(C)NC(=O)C(C)(C)C(N)=NO. The minimum Gasteiger partial charge on any atom is -0.409 e. The molecular formula is C11H21N3O3. The summed E-state index contributed by atoms with van der Waals surface area (Å²) in [6.07, 6.45) is 0.709. The monoisotopic (exact) mass is 243 g/mol. The summed E-state index contributed by atoms with van der Waals surface area (Å²) in [6.45, 7) is 7.71. The number of amidine groups is 1. The Kier molecular flexibility index (Phi) is 3.66. The molecule has 2 unspecified atom stereocenters.